The summed E-state index contributed by atoms with van der Waals surface area (Å²) in [6.45, 7) is 8.83. The zero-order valence-corrected chi connectivity index (χ0v) is 18.0. The maximum Gasteiger partial charge on any atom is 0.486 e. The Morgan fingerprint density at radius 2 is 1.05 bits per heavy atom. The third kappa shape index (κ3) is 11.8. The second-order valence-electron chi connectivity index (χ2n) is 7.06. The molecule has 0 aromatic rings. The summed E-state index contributed by atoms with van der Waals surface area (Å²) >= 11 is 0. The molecule has 0 saturated carbocycles. The van der Waals surface area contributed by atoms with Crippen molar-refractivity contribution in [2.45, 2.75) is 96.8 Å². The van der Waals surface area contributed by atoms with Crippen LogP contribution < -0.4 is 0 Å². The summed E-state index contributed by atoms with van der Waals surface area (Å²) in [5.41, 5.74) is 0. The van der Waals surface area contributed by atoms with Crippen LogP contribution in [0.5, 0.6) is 0 Å². The Balaban J connectivity index is 3.61. The molecule has 0 heterocycles. The van der Waals surface area contributed by atoms with Gasteiger partial charge in [-0.3, -0.25) is 0 Å². The first-order valence-corrected chi connectivity index (χ1v) is 14.5. The fourth-order valence-corrected chi connectivity index (χ4v) is 9.12. The van der Waals surface area contributed by atoms with E-state index in [1.807, 2.05) is 6.55 Å². The van der Waals surface area contributed by atoms with Gasteiger partial charge in [-0.2, -0.15) is 0 Å². The van der Waals surface area contributed by atoms with Crippen molar-refractivity contribution >= 4 is 17.1 Å². The molecule has 0 unspecified atom stereocenters. The second-order valence-corrected chi connectivity index (χ2v) is 14.4. The SMILES string of the molecule is CCCCCCCCCCCC[Si](C)(C)O[Si](C)(OC)OC. The van der Waals surface area contributed by atoms with Gasteiger partial charge < -0.3 is 13.0 Å². The lowest BCUT2D eigenvalue weighted by Crippen LogP contribution is -2.49. The van der Waals surface area contributed by atoms with E-state index in [0.29, 0.717) is 0 Å². The largest absolute Gasteiger partial charge is 0.486 e. The van der Waals surface area contributed by atoms with Crippen molar-refractivity contribution in [1.82, 2.24) is 0 Å². The highest BCUT2D eigenvalue weighted by atomic mass is 28.5. The van der Waals surface area contributed by atoms with Crippen LogP contribution in [0, 0.1) is 0 Å². The maximum absolute atomic E-state index is 6.24. The molecule has 0 rings (SSSR count). The molecule has 0 aliphatic carbocycles. The summed E-state index contributed by atoms with van der Waals surface area (Å²) in [6, 6.07) is 1.21. The van der Waals surface area contributed by atoms with Gasteiger partial charge in [-0.15, -0.1) is 0 Å². The molecule has 0 aliphatic rings. The molecule has 0 fully saturated rings. The normalized spacial score (nSPS) is 12.8. The summed E-state index contributed by atoms with van der Waals surface area (Å²) in [5, 5.41) is 0. The number of hydrogen-bond donors (Lipinski definition) is 0. The van der Waals surface area contributed by atoms with Crippen LogP contribution in [0.4, 0.5) is 0 Å². The van der Waals surface area contributed by atoms with Gasteiger partial charge in [0.25, 0.3) is 0 Å². The van der Waals surface area contributed by atoms with Gasteiger partial charge in [0.15, 0.2) is 8.32 Å². The molecule has 22 heavy (non-hydrogen) atoms. The lowest BCUT2D eigenvalue weighted by molar-refractivity contribution is 0.166. The molecule has 0 atom stereocenters. The number of rotatable bonds is 15. The minimum absolute atomic E-state index is 1.21. The van der Waals surface area contributed by atoms with Crippen molar-refractivity contribution in [2.24, 2.45) is 0 Å². The van der Waals surface area contributed by atoms with Crippen LogP contribution in [-0.4, -0.2) is 31.3 Å². The highest BCUT2D eigenvalue weighted by Gasteiger charge is 2.39. The molecule has 0 aromatic carbocycles. The van der Waals surface area contributed by atoms with Crippen LogP contribution in [0.2, 0.25) is 25.7 Å². The molecule has 0 amide bonds. The molecule has 0 radical (unpaired) electrons. The van der Waals surface area contributed by atoms with Gasteiger partial charge in [-0.05, 0) is 19.1 Å². The van der Waals surface area contributed by atoms with Crippen LogP contribution in [0.25, 0.3) is 0 Å². The van der Waals surface area contributed by atoms with Crippen molar-refractivity contribution in [3.63, 3.8) is 0 Å². The zero-order valence-electron chi connectivity index (χ0n) is 16.0. The number of hydrogen-bond acceptors (Lipinski definition) is 3. The average molecular weight is 349 g/mol. The molecule has 5 heteroatoms. The van der Waals surface area contributed by atoms with E-state index < -0.39 is 17.1 Å². The Morgan fingerprint density at radius 1 is 0.636 bits per heavy atom. The van der Waals surface area contributed by atoms with E-state index >= 15 is 0 Å². The molecule has 0 N–H and O–H groups in total. The topological polar surface area (TPSA) is 27.7 Å². The quantitative estimate of drug-likeness (QED) is 0.269. The Bertz CT molecular complexity index is 256. The van der Waals surface area contributed by atoms with Crippen LogP contribution in [0.1, 0.15) is 71.1 Å². The fraction of sp³-hybridized carbons (Fsp3) is 1.00. The van der Waals surface area contributed by atoms with Gasteiger partial charge >= 0.3 is 8.80 Å². The van der Waals surface area contributed by atoms with E-state index in [-0.39, 0.29) is 0 Å². The van der Waals surface area contributed by atoms with Crippen molar-refractivity contribution in [2.75, 3.05) is 14.2 Å². The highest BCUT2D eigenvalue weighted by molar-refractivity contribution is 6.80. The Morgan fingerprint density at radius 3 is 1.45 bits per heavy atom. The minimum Gasteiger partial charge on any atom is -0.416 e. The maximum atomic E-state index is 6.24. The highest BCUT2D eigenvalue weighted by Crippen LogP contribution is 2.22. The van der Waals surface area contributed by atoms with Gasteiger partial charge in [0, 0.05) is 20.8 Å². The van der Waals surface area contributed by atoms with Crippen LogP contribution in [0.15, 0.2) is 0 Å². The van der Waals surface area contributed by atoms with Crippen molar-refractivity contribution < 1.29 is 13.0 Å². The molecule has 0 saturated heterocycles. The third-order valence-corrected chi connectivity index (χ3v) is 11.1. The van der Waals surface area contributed by atoms with Gasteiger partial charge in [0.05, 0.1) is 0 Å². The Labute approximate surface area is 141 Å². The van der Waals surface area contributed by atoms with Crippen LogP contribution >= 0.6 is 0 Å². The summed E-state index contributed by atoms with van der Waals surface area (Å²) < 4.78 is 17.1. The zero-order chi connectivity index (χ0) is 16.9. The molecule has 0 spiro atoms. The first kappa shape index (κ1) is 22.3. The average Bonchev–Trinajstić information content (AvgIpc) is 2.48. The molecular weight excluding hydrogens is 308 g/mol. The van der Waals surface area contributed by atoms with Gasteiger partial charge in [-0.1, -0.05) is 71.1 Å². The van der Waals surface area contributed by atoms with Crippen LogP contribution in [0.3, 0.4) is 0 Å². The lowest BCUT2D eigenvalue weighted by atomic mass is 10.1. The van der Waals surface area contributed by atoms with Gasteiger partial charge in [-0.25, -0.2) is 0 Å². The molecular formula is C17H40O3Si2. The molecule has 134 valence electrons. The Kier molecular flexibility index (Phi) is 12.9. The smallest absolute Gasteiger partial charge is 0.416 e. The molecule has 0 aromatic heterocycles. The molecule has 0 bridgehead atoms. The van der Waals surface area contributed by atoms with Gasteiger partial charge in [0.1, 0.15) is 0 Å². The molecule has 3 nitrogen and oxygen atoms in total. The first-order valence-electron chi connectivity index (χ1n) is 9.19. The second kappa shape index (κ2) is 12.7. The van der Waals surface area contributed by atoms with E-state index in [1.165, 1.54) is 70.3 Å². The molecule has 0 aliphatic heterocycles. The van der Waals surface area contributed by atoms with E-state index in [9.17, 15) is 0 Å². The first-order chi connectivity index (χ1) is 10.4. The third-order valence-electron chi connectivity index (χ3n) is 4.34. The fourth-order valence-electron chi connectivity index (χ4n) is 2.76. The van der Waals surface area contributed by atoms with Crippen molar-refractivity contribution in [3.05, 3.63) is 0 Å². The van der Waals surface area contributed by atoms with Gasteiger partial charge in [0.2, 0.25) is 0 Å². The lowest BCUT2D eigenvalue weighted by Gasteiger charge is -2.32. The summed E-state index contributed by atoms with van der Waals surface area (Å²) in [5.74, 6) is 0. The van der Waals surface area contributed by atoms with E-state index in [0.717, 1.165) is 0 Å². The van der Waals surface area contributed by atoms with Crippen LogP contribution in [-0.2, 0) is 13.0 Å². The van der Waals surface area contributed by atoms with Crippen molar-refractivity contribution in [3.8, 4) is 0 Å². The van der Waals surface area contributed by atoms with E-state index in [1.54, 1.807) is 14.2 Å². The predicted octanol–water partition coefficient (Wildman–Crippen LogP) is 5.99. The van der Waals surface area contributed by atoms with Crippen molar-refractivity contribution in [1.29, 1.82) is 0 Å². The monoisotopic (exact) mass is 348 g/mol. The standard InChI is InChI=1S/C17H40O3Si2/c1-7-8-9-10-11-12-13-14-15-16-17-21(4,5)20-22(6,18-2)19-3/h7-17H2,1-6H3. The summed E-state index contributed by atoms with van der Waals surface area (Å²) in [6.07, 6.45) is 13.8. The van der Waals surface area contributed by atoms with E-state index in [2.05, 4.69) is 20.0 Å². The minimum atomic E-state index is -2.37. The Hall–Kier alpha value is 0.314. The number of unbranched alkanes of at least 4 members (excludes halogenated alkanes) is 9. The summed E-state index contributed by atoms with van der Waals surface area (Å²) in [4.78, 5) is 0. The predicted molar refractivity (Wildman–Crippen MR) is 101 cm³/mol. The van der Waals surface area contributed by atoms with E-state index in [4.69, 9.17) is 13.0 Å². The summed E-state index contributed by atoms with van der Waals surface area (Å²) in [7, 11) is -0.637.